The molecule has 0 aliphatic heterocycles. The number of ketones is 1. The van der Waals surface area contributed by atoms with Gasteiger partial charge in [-0.15, -0.1) is 0 Å². The number of hydrogen-bond donors (Lipinski definition) is 2. The minimum absolute atomic E-state index is 0.0138. The Morgan fingerprint density at radius 1 is 1.00 bits per heavy atom. The molecule has 1 atom stereocenters. The van der Waals surface area contributed by atoms with Gasteiger partial charge < -0.3 is 15.1 Å². The number of carbonyl (C=O) groups excluding carboxylic acids is 1. The van der Waals surface area contributed by atoms with Crippen molar-refractivity contribution in [3.8, 4) is 5.75 Å². The maximum absolute atomic E-state index is 13.5. The smallest absolute Gasteiger partial charge is 0.336 e. The van der Waals surface area contributed by atoms with Crippen LogP contribution in [-0.4, -0.2) is 35.1 Å². The highest BCUT2D eigenvalue weighted by molar-refractivity contribution is 6.16. The third-order valence-corrected chi connectivity index (χ3v) is 6.01. The molecule has 5 heteroatoms. The summed E-state index contributed by atoms with van der Waals surface area (Å²) in [4.78, 5) is 27.5. The lowest BCUT2D eigenvalue weighted by molar-refractivity contribution is 0.0692. The molecule has 2 N–H and O–H groups in total. The van der Waals surface area contributed by atoms with E-state index in [9.17, 15) is 19.8 Å². The second kappa shape index (κ2) is 11.5. The molecule has 2 aromatic carbocycles. The Labute approximate surface area is 185 Å². The number of carboxylic acid groups (broad SMARTS) is 1. The van der Waals surface area contributed by atoms with Crippen LogP contribution in [0.2, 0.25) is 0 Å². The number of benzene rings is 2. The van der Waals surface area contributed by atoms with E-state index in [0.29, 0.717) is 12.3 Å². The second-order valence-corrected chi connectivity index (χ2v) is 7.97. The Morgan fingerprint density at radius 3 is 2.26 bits per heavy atom. The van der Waals surface area contributed by atoms with E-state index in [-0.39, 0.29) is 22.4 Å². The number of aromatic hydroxyl groups is 1. The fourth-order valence-corrected chi connectivity index (χ4v) is 4.10. The number of nitrogens with zero attached hydrogens (tertiary/aromatic N) is 1. The summed E-state index contributed by atoms with van der Waals surface area (Å²) >= 11 is 0. The van der Waals surface area contributed by atoms with Gasteiger partial charge in [-0.05, 0) is 49.9 Å². The highest BCUT2D eigenvalue weighted by Gasteiger charge is 2.25. The molecule has 0 heterocycles. The molecule has 0 radical (unpaired) electrons. The van der Waals surface area contributed by atoms with Gasteiger partial charge in [0.25, 0.3) is 0 Å². The second-order valence-electron chi connectivity index (χ2n) is 7.97. The van der Waals surface area contributed by atoms with Crippen LogP contribution in [0, 0.1) is 5.92 Å². The summed E-state index contributed by atoms with van der Waals surface area (Å²) in [5, 5.41) is 20.4. The first-order valence-electron chi connectivity index (χ1n) is 11.4. The van der Waals surface area contributed by atoms with E-state index in [1.807, 2.05) is 19.9 Å². The fraction of sp³-hybridized carbons (Fsp3) is 0.462. The van der Waals surface area contributed by atoms with E-state index in [2.05, 4.69) is 18.7 Å². The topological polar surface area (TPSA) is 77.8 Å². The largest absolute Gasteiger partial charge is 0.507 e. The highest BCUT2D eigenvalue weighted by atomic mass is 16.4. The molecule has 0 aliphatic carbocycles. The summed E-state index contributed by atoms with van der Waals surface area (Å²) in [5.41, 5.74) is 1.87. The van der Waals surface area contributed by atoms with Gasteiger partial charge in [-0.25, -0.2) is 4.79 Å². The van der Waals surface area contributed by atoms with Crippen molar-refractivity contribution in [1.82, 2.24) is 0 Å². The van der Waals surface area contributed by atoms with Crippen molar-refractivity contribution < 1.29 is 19.8 Å². The third-order valence-electron chi connectivity index (χ3n) is 6.01. The van der Waals surface area contributed by atoms with Gasteiger partial charge in [0, 0.05) is 30.4 Å². The maximum Gasteiger partial charge on any atom is 0.336 e. The molecule has 0 aliphatic rings. The van der Waals surface area contributed by atoms with Crippen molar-refractivity contribution >= 4 is 17.4 Å². The summed E-state index contributed by atoms with van der Waals surface area (Å²) < 4.78 is 0. The average molecular weight is 426 g/mol. The summed E-state index contributed by atoms with van der Waals surface area (Å²) in [5.74, 6) is -1.32. The standard InChI is InChI=1S/C26H35NO4/c1-5-9-11-18(6-2)16-19-12-10-13-22(26(30)31)24(19)25(29)21-15-14-20(17-23(21)28)27(7-3)8-4/h10,12-15,17-18,28H,5-9,11,16H2,1-4H3,(H,30,31). The van der Waals surface area contributed by atoms with Crippen LogP contribution in [0.4, 0.5) is 5.69 Å². The zero-order chi connectivity index (χ0) is 23.0. The fourth-order valence-electron chi connectivity index (χ4n) is 4.10. The normalized spacial score (nSPS) is 11.9. The van der Waals surface area contributed by atoms with Gasteiger partial charge in [0.2, 0.25) is 0 Å². The molecule has 5 nitrogen and oxygen atoms in total. The molecule has 0 saturated carbocycles. The molecular weight excluding hydrogens is 390 g/mol. The van der Waals surface area contributed by atoms with Crippen LogP contribution in [0.25, 0.3) is 0 Å². The van der Waals surface area contributed by atoms with E-state index in [4.69, 9.17) is 0 Å². The van der Waals surface area contributed by atoms with Gasteiger partial charge in [0.1, 0.15) is 5.75 Å². The number of phenolic OH excluding ortho intramolecular Hbond substituents is 1. The van der Waals surface area contributed by atoms with Gasteiger partial charge in [-0.2, -0.15) is 0 Å². The number of phenols is 1. The number of unbranched alkanes of at least 4 members (excludes halogenated alkanes) is 1. The van der Waals surface area contributed by atoms with Gasteiger partial charge in [-0.1, -0.05) is 51.7 Å². The van der Waals surface area contributed by atoms with Crippen molar-refractivity contribution in [1.29, 1.82) is 0 Å². The Morgan fingerprint density at radius 2 is 1.71 bits per heavy atom. The third kappa shape index (κ3) is 5.87. The number of carbonyl (C=O) groups is 2. The quantitative estimate of drug-likeness (QED) is 0.412. The average Bonchev–Trinajstić information content (AvgIpc) is 2.76. The molecular formula is C26H35NO4. The van der Waals surface area contributed by atoms with E-state index in [0.717, 1.165) is 50.0 Å². The zero-order valence-corrected chi connectivity index (χ0v) is 19.1. The molecule has 0 fully saturated rings. The van der Waals surface area contributed by atoms with Crippen LogP contribution in [0.1, 0.15) is 85.2 Å². The minimum Gasteiger partial charge on any atom is -0.507 e. The highest BCUT2D eigenvalue weighted by Crippen LogP contribution is 2.30. The van der Waals surface area contributed by atoms with Crippen LogP contribution < -0.4 is 4.90 Å². The summed E-state index contributed by atoms with van der Waals surface area (Å²) in [6.45, 7) is 9.89. The van der Waals surface area contributed by atoms with Crippen LogP contribution in [-0.2, 0) is 6.42 Å². The van der Waals surface area contributed by atoms with Crippen molar-refractivity contribution in [2.75, 3.05) is 18.0 Å². The molecule has 0 aromatic heterocycles. The number of rotatable bonds is 12. The van der Waals surface area contributed by atoms with Gasteiger partial charge in [0.05, 0.1) is 11.1 Å². The number of hydrogen-bond acceptors (Lipinski definition) is 4. The zero-order valence-electron chi connectivity index (χ0n) is 19.1. The SMILES string of the molecule is CCCCC(CC)Cc1cccc(C(=O)O)c1C(=O)c1ccc(N(CC)CC)cc1O. The summed E-state index contributed by atoms with van der Waals surface area (Å²) in [6.07, 6.45) is 4.87. The van der Waals surface area contributed by atoms with Gasteiger partial charge in [0.15, 0.2) is 5.78 Å². The van der Waals surface area contributed by atoms with Crippen LogP contribution >= 0.6 is 0 Å². The van der Waals surface area contributed by atoms with Crippen LogP contribution in [0.5, 0.6) is 5.75 Å². The lowest BCUT2D eigenvalue weighted by Gasteiger charge is -2.22. The molecule has 2 aromatic rings. The predicted molar refractivity (Wildman–Crippen MR) is 126 cm³/mol. The monoisotopic (exact) mass is 425 g/mol. The van der Waals surface area contributed by atoms with E-state index in [1.54, 1.807) is 24.3 Å². The molecule has 2 rings (SSSR count). The minimum atomic E-state index is -1.13. The van der Waals surface area contributed by atoms with E-state index >= 15 is 0 Å². The molecule has 31 heavy (non-hydrogen) atoms. The van der Waals surface area contributed by atoms with Crippen LogP contribution in [0.15, 0.2) is 36.4 Å². The van der Waals surface area contributed by atoms with Crippen molar-refractivity contribution in [2.45, 2.75) is 59.8 Å². The van der Waals surface area contributed by atoms with Crippen molar-refractivity contribution in [3.05, 3.63) is 58.7 Å². The molecule has 1 unspecified atom stereocenters. The van der Waals surface area contributed by atoms with Gasteiger partial charge in [-0.3, -0.25) is 4.79 Å². The maximum atomic E-state index is 13.5. The molecule has 0 spiro atoms. The van der Waals surface area contributed by atoms with Crippen molar-refractivity contribution in [3.63, 3.8) is 0 Å². The first kappa shape index (κ1) is 24.4. The first-order valence-corrected chi connectivity index (χ1v) is 11.4. The Hall–Kier alpha value is -2.82. The number of carboxylic acids is 1. The van der Waals surface area contributed by atoms with E-state index < -0.39 is 11.8 Å². The van der Waals surface area contributed by atoms with Crippen molar-refractivity contribution in [2.24, 2.45) is 5.92 Å². The lowest BCUT2D eigenvalue weighted by atomic mass is 9.85. The molecule has 0 saturated heterocycles. The lowest BCUT2D eigenvalue weighted by Crippen LogP contribution is -2.22. The van der Waals surface area contributed by atoms with Gasteiger partial charge >= 0.3 is 5.97 Å². The van der Waals surface area contributed by atoms with E-state index in [1.165, 1.54) is 6.07 Å². The Bertz CT molecular complexity index is 902. The number of anilines is 1. The summed E-state index contributed by atoms with van der Waals surface area (Å²) in [6, 6.07) is 10.00. The predicted octanol–water partition coefficient (Wildman–Crippen LogP) is 5.93. The molecule has 168 valence electrons. The summed E-state index contributed by atoms with van der Waals surface area (Å²) in [7, 11) is 0. The number of aromatic carboxylic acids is 1. The van der Waals surface area contributed by atoms with Crippen LogP contribution in [0.3, 0.4) is 0 Å². The Kier molecular flexibility index (Phi) is 9.10. The molecule has 0 bridgehead atoms. The Balaban J connectivity index is 2.50. The molecule has 0 amide bonds. The first-order chi connectivity index (χ1) is 14.9.